The summed E-state index contributed by atoms with van der Waals surface area (Å²) in [5.41, 5.74) is 10.4. The lowest BCUT2D eigenvalue weighted by Crippen LogP contribution is -2.18. The number of rotatable bonds is 0. The predicted molar refractivity (Wildman–Crippen MR) is 46.3 cm³/mol. The monoisotopic (exact) mass is 188 g/mol. The van der Waals surface area contributed by atoms with E-state index < -0.39 is 11.6 Å². The first-order valence-electron chi connectivity index (χ1n) is 3.06. The lowest BCUT2D eigenvalue weighted by Gasteiger charge is -1.74. The van der Waals surface area contributed by atoms with E-state index in [-0.39, 0.29) is 5.11 Å². The average molecular weight is 188 g/mol. The standard InChI is InChI=1S/C6H2F2.CH4N2S/c7-5-2-3-1-4(3)6(5)8;2-1(3)4/h1-2H;(H4,2,3,4). The van der Waals surface area contributed by atoms with Crippen molar-refractivity contribution in [1.82, 2.24) is 0 Å². The molecule has 2 rings (SSSR count). The lowest BCUT2D eigenvalue weighted by atomic mass is 10.5. The molecule has 0 atom stereocenters. The van der Waals surface area contributed by atoms with Crippen LogP contribution in [0.2, 0.25) is 0 Å². The Kier molecular flexibility index (Phi) is 2.23. The maximum atomic E-state index is 12.1. The smallest absolute Gasteiger partial charge is 0.166 e. The largest absolute Gasteiger partial charge is 0.377 e. The molecule has 5 heteroatoms. The maximum absolute atomic E-state index is 12.1. The molecule has 0 aromatic carbocycles. The zero-order valence-electron chi connectivity index (χ0n) is 5.97. The van der Waals surface area contributed by atoms with Gasteiger partial charge in [-0.1, -0.05) is 0 Å². The van der Waals surface area contributed by atoms with Crippen LogP contribution in [0.4, 0.5) is 8.78 Å². The molecule has 0 aliphatic heterocycles. The highest BCUT2D eigenvalue weighted by atomic mass is 32.1. The summed E-state index contributed by atoms with van der Waals surface area (Å²) in [6.07, 6.45) is 0. The van der Waals surface area contributed by atoms with E-state index in [9.17, 15) is 8.78 Å². The quantitative estimate of drug-likeness (QED) is 0.609. The molecule has 2 nitrogen and oxygen atoms in total. The Balaban J connectivity index is 0.000000157. The van der Waals surface area contributed by atoms with Gasteiger partial charge in [0.15, 0.2) is 16.7 Å². The molecule has 0 aromatic heterocycles. The minimum Gasteiger partial charge on any atom is -0.377 e. The van der Waals surface area contributed by atoms with Crippen molar-refractivity contribution < 1.29 is 8.78 Å². The molecule has 12 heavy (non-hydrogen) atoms. The van der Waals surface area contributed by atoms with Gasteiger partial charge in [0.25, 0.3) is 0 Å². The van der Waals surface area contributed by atoms with Crippen LogP contribution in [0, 0.1) is 11.6 Å². The molecule has 0 aromatic rings. The molecule has 0 unspecified atom stereocenters. The topological polar surface area (TPSA) is 52.0 Å². The van der Waals surface area contributed by atoms with Crippen molar-refractivity contribution in [1.29, 1.82) is 0 Å². The Hall–Kier alpha value is -1.23. The van der Waals surface area contributed by atoms with Crippen LogP contribution in [0.5, 0.6) is 0 Å². The van der Waals surface area contributed by atoms with Crippen LogP contribution in [-0.2, 0) is 0 Å². The third-order valence-corrected chi connectivity index (χ3v) is 1.26. The van der Waals surface area contributed by atoms with Gasteiger partial charge in [0.2, 0.25) is 0 Å². The van der Waals surface area contributed by atoms with Crippen molar-refractivity contribution in [3.8, 4) is 11.1 Å². The van der Waals surface area contributed by atoms with Gasteiger partial charge in [-0.15, -0.1) is 0 Å². The van der Waals surface area contributed by atoms with Crippen LogP contribution in [0.15, 0.2) is 12.1 Å². The molecule has 0 saturated heterocycles. The fourth-order valence-electron chi connectivity index (χ4n) is 0.757. The minimum atomic E-state index is -0.725. The maximum Gasteiger partial charge on any atom is 0.166 e. The van der Waals surface area contributed by atoms with Gasteiger partial charge in [0.1, 0.15) is 0 Å². The van der Waals surface area contributed by atoms with Crippen LogP contribution in [0.3, 0.4) is 0 Å². The summed E-state index contributed by atoms with van der Waals surface area (Å²) >= 11 is 4.09. The van der Waals surface area contributed by atoms with Crippen LogP contribution in [0.1, 0.15) is 0 Å². The van der Waals surface area contributed by atoms with Gasteiger partial charge in [-0.2, -0.15) is 0 Å². The second kappa shape index (κ2) is 3.02. The molecule has 0 bridgehead atoms. The summed E-state index contributed by atoms with van der Waals surface area (Å²) in [4.78, 5) is 0. The molecule has 64 valence electrons. The molecule has 4 N–H and O–H groups in total. The summed E-state index contributed by atoms with van der Waals surface area (Å²) in [5, 5.41) is 0.000000000000000222. The van der Waals surface area contributed by atoms with Gasteiger partial charge in [-0.05, 0) is 29.9 Å². The summed E-state index contributed by atoms with van der Waals surface area (Å²) in [6.45, 7) is 0. The second-order valence-corrected chi connectivity index (χ2v) is 2.69. The van der Waals surface area contributed by atoms with E-state index in [0.29, 0.717) is 11.1 Å². The molecular weight excluding hydrogens is 182 g/mol. The SMILES string of the molecule is Fc1cc2cc-2c1F.NC(N)=S. The Morgan fingerprint density at radius 2 is 1.75 bits per heavy atom. The van der Waals surface area contributed by atoms with Gasteiger partial charge in [-0.3, -0.25) is 0 Å². The van der Waals surface area contributed by atoms with E-state index in [1.807, 2.05) is 0 Å². The van der Waals surface area contributed by atoms with Gasteiger partial charge in [-0.25, -0.2) is 8.78 Å². The molecule has 2 aliphatic carbocycles. The van der Waals surface area contributed by atoms with E-state index in [2.05, 4.69) is 23.7 Å². The van der Waals surface area contributed by atoms with Gasteiger partial charge >= 0.3 is 0 Å². The highest BCUT2D eigenvalue weighted by Crippen LogP contribution is 2.38. The fourth-order valence-corrected chi connectivity index (χ4v) is 0.757. The van der Waals surface area contributed by atoms with Crippen LogP contribution in [-0.4, -0.2) is 5.11 Å². The molecule has 2 aliphatic rings. The Morgan fingerprint density at radius 1 is 1.25 bits per heavy atom. The van der Waals surface area contributed by atoms with Crippen LogP contribution >= 0.6 is 12.2 Å². The molecule has 0 amide bonds. The number of nitrogens with two attached hydrogens (primary N) is 2. The first kappa shape index (κ1) is 8.86. The van der Waals surface area contributed by atoms with Crippen molar-refractivity contribution in [2.45, 2.75) is 0 Å². The number of benzene rings is 1. The molecule has 0 radical (unpaired) electrons. The number of hydrogen-bond acceptors (Lipinski definition) is 1. The van der Waals surface area contributed by atoms with E-state index in [0.717, 1.165) is 0 Å². The van der Waals surface area contributed by atoms with E-state index in [4.69, 9.17) is 0 Å². The zero-order valence-corrected chi connectivity index (χ0v) is 6.79. The van der Waals surface area contributed by atoms with Crippen LogP contribution in [0.25, 0.3) is 11.1 Å². The van der Waals surface area contributed by atoms with Crippen molar-refractivity contribution in [3.05, 3.63) is 23.8 Å². The molecule has 0 saturated carbocycles. The third kappa shape index (κ3) is 1.88. The van der Waals surface area contributed by atoms with Crippen molar-refractivity contribution >= 4 is 17.3 Å². The van der Waals surface area contributed by atoms with Crippen LogP contribution < -0.4 is 11.5 Å². The Morgan fingerprint density at radius 3 is 1.92 bits per heavy atom. The predicted octanol–water partition coefficient (Wildman–Crippen LogP) is 1.13. The van der Waals surface area contributed by atoms with Gasteiger partial charge in [0.05, 0.1) is 0 Å². The number of fused-ring (bicyclic) bond motifs is 1. The molecule has 0 fully saturated rings. The highest BCUT2D eigenvalue weighted by molar-refractivity contribution is 7.80. The van der Waals surface area contributed by atoms with Crippen molar-refractivity contribution in [2.24, 2.45) is 11.5 Å². The number of hydrogen-bond donors (Lipinski definition) is 2. The van der Waals surface area contributed by atoms with Gasteiger partial charge in [0, 0.05) is 5.56 Å². The number of halogens is 2. The van der Waals surface area contributed by atoms with E-state index in [1.54, 1.807) is 6.07 Å². The minimum absolute atomic E-state index is 0.000000000000000222. The van der Waals surface area contributed by atoms with E-state index >= 15 is 0 Å². The van der Waals surface area contributed by atoms with E-state index in [1.165, 1.54) is 6.07 Å². The Labute approximate surface area is 73.2 Å². The van der Waals surface area contributed by atoms with Crippen molar-refractivity contribution in [3.63, 3.8) is 0 Å². The molecular formula is C7H6F2N2S. The summed E-state index contributed by atoms with van der Waals surface area (Å²) in [6, 6.07) is 2.81. The van der Waals surface area contributed by atoms with Crippen molar-refractivity contribution in [2.75, 3.05) is 0 Å². The fraction of sp³-hybridized carbons (Fsp3) is 0. The Bertz CT molecular complexity index is 334. The molecule has 0 heterocycles. The second-order valence-electron chi connectivity index (χ2n) is 2.22. The first-order chi connectivity index (χ1) is 5.52. The molecule has 0 spiro atoms. The average Bonchev–Trinajstić information content (AvgIpc) is 2.59. The third-order valence-electron chi connectivity index (χ3n) is 1.26. The van der Waals surface area contributed by atoms with Gasteiger partial charge < -0.3 is 11.5 Å². The summed E-state index contributed by atoms with van der Waals surface area (Å²) in [5.74, 6) is -1.42. The summed E-state index contributed by atoms with van der Waals surface area (Å²) < 4.78 is 24.1. The number of thiocarbonyl (C=S) groups is 1. The normalized spacial score (nSPS) is 9.83. The summed E-state index contributed by atoms with van der Waals surface area (Å²) in [7, 11) is 0. The highest BCUT2D eigenvalue weighted by Gasteiger charge is 2.22. The lowest BCUT2D eigenvalue weighted by molar-refractivity contribution is 0.519. The first-order valence-corrected chi connectivity index (χ1v) is 3.47. The zero-order chi connectivity index (χ0) is 9.30.